The predicted octanol–water partition coefficient (Wildman–Crippen LogP) is 5.61. The number of aryl methyl sites for hydroxylation is 2. The van der Waals surface area contributed by atoms with Crippen molar-refractivity contribution >= 4 is 11.9 Å². The Bertz CT molecular complexity index is 2080. The zero-order chi connectivity index (χ0) is 47.6. The van der Waals surface area contributed by atoms with Crippen LogP contribution in [0.2, 0.25) is 0 Å². The molecule has 2 saturated heterocycles. The maximum atomic E-state index is 13.5. The van der Waals surface area contributed by atoms with E-state index in [1.807, 2.05) is 0 Å². The topological polar surface area (TPSA) is 244 Å². The van der Waals surface area contributed by atoms with Crippen molar-refractivity contribution in [3.05, 3.63) is 70.9 Å². The quantitative estimate of drug-likeness (QED) is 0.0860. The van der Waals surface area contributed by atoms with Gasteiger partial charge in [0.25, 0.3) is 5.91 Å². The lowest BCUT2D eigenvalue weighted by atomic mass is 10.1. The Morgan fingerprint density at radius 1 is 0.692 bits per heavy atom. The minimum atomic E-state index is -4.74. The molecule has 1 amide bonds. The Kier molecular flexibility index (Phi) is 19.9. The lowest BCUT2D eigenvalue weighted by Gasteiger charge is -2.27. The number of carbonyl (C=O) groups is 2. The smallest absolute Gasteiger partial charge is 0.484 e. The van der Waals surface area contributed by atoms with Crippen molar-refractivity contribution in [3.8, 4) is 23.7 Å². The molecule has 0 bridgehead atoms. The molecule has 4 aromatic rings. The molecule has 4 N–H and O–H groups in total. The first-order chi connectivity index (χ1) is 30.7. The van der Waals surface area contributed by atoms with Crippen LogP contribution >= 0.6 is 0 Å². The molecule has 2 aromatic heterocycles. The van der Waals surface area contributed by atoms with E-state index in [-0.39, 0.29) is 79.3 Å². The highest BCUT2D eigenvalue weighted by atomic mass is 19.4. The average Bonchev–Trinajstić information content (AvgIpc) is 3.93. The second-order valence-corrected chi connectivity index (χ2v) is 13.7. The minimum absolute atomic E-state index is 0.00981. The number of amides is 1. The van der Waals surface area contributed by atoms with Gasteiger partial charge in [0.15, 0.2) is 13.2 Å². The highest BCUT2D eigenvalue weighted by molar-refractivity contribution is 5.77. The number of carboxylic acid groups (broad SMARTS) is 1. The summed E-state index contributed by atoms with van der Waals surface area (Å²) in [6.07, 6.45) is -8.42. The van der Waals surface area contributed by atoms with E-state index in [1.165, 1.54) is 18.2 Å². The fourth-order valence-corrected chi connectivity index (χ4v) is 5.31. The molecular formula is C38H44F8N6O13. The second-order valence-electron chi connectivity index (χ2n) is 13.7. The van der Waals surface area contributed by atoms with E-state index < -0.39 is 62.9 Å². The number of aliphatic carboxylic acids is 1. The van der Waals surface area contributed by atoms with Gasteiger partial charge >= 0.3 is 30.8 Å². The predicted molar refractivity (Wildman–Crippen MR) is 200 cm³/mol. The summed E-state index contributed by atoms with van der Waals surface area (Å²) in [4.78, 5) is 22.2. The lowest BCUT2D eigenvalue weighted by molar-refractivity contribution is -0.326. The van der Waals surface area contributed by atoms with Crippen LogP contribution in [-0.2, 0) is 28.5 Å². The van der Waals surface area contributed by atoms with E-state index in [0.29, 0.717) is 37.0 Å². The zero-order valence-electron chi connectivity index (χ0n) is 34.5. The molecule has 360 valence electrons. The average molecular weight is 945 g/mol. The highest BCUT2D eigenvalue weighted by Crippen LogP contribution is 2.30. The Labute approximate surface area is 363 Å². The van der Waals surface area contributed by atoms with Crippen molar-refractivity contribution in [1.82, 2.24) is 25.7 Å². The summed E-state index contributed by atoms with van der Waals surface area (Å²) in [5.74, 6) is -1.46. The van der Waals surface area contributed by atoms with Crippen molar-refractivity contribution in [2.75, 3.05) is 52.9 Å². The number of alkyl halides is 6. The number of aromatic nitrogens is 4. The van der Waals surface area contributed by atoms with E-state index >= 15 is 0 Å². The third-order valence-corrected chi connectivity index (χ3v) is 8.52. The molecule has 0 saturated carbocycles. The van der Waals surface area contributed by atoms with Gasteiger partial charge in [0.05, 0.1) is 32.5 Å². The molecule has 27 heteroatoms. The highest BCUT2D eigenvalue weighted by Gasteiger charge is 2.31. The Balaban J connectivity index is 0.000000238. The maximum absolute atomic E-state index is 13.5. The van der Waals surface area contributed by atoms with Crippen LogP contribution in [0.4, 0.5) is 35.1 Å². The first kappa shape index (κ1) is 51.7. The molecule has 19 nitrogen and oxygen atoms in total. The summed E-state index contributed by atoms with van der Waals surface area (Å²) in [6.45, 7) is 0.939. The maximum Gasteiger partial charge on any atom is 0.522 e. The minimum Gasteiger partial charge on any atom is -0.484 e. The molecule has 2 aliphatic heterocycles. The van der Waals surface area contributed by atoms with Crippen LogP contribution in [0.1, 0.15) is 60.8 Å². The molecule has 0 radical (unpaired) electrons. The molecule has 0 unspecified atom stereocenters. The number of rotatable bonds is 17. The van der Waals surface area contributed by atoms with Gasteiger partial charge in [0.2, 0.25) is 11.8 Å². The molecule has 0 spiro atoms. The van der Waals surface area contributed by atoms with Gasteiger partial charge in [0, 0.05) is 18.2 Å². The summed E-state index contributed by atoms with van der Waals surface area (Å²) in [5.41, 5.74) is 6.65. The number of hydrogen-bond donors (Lipinski definition) is 3. The number of halogens is 8. The van der Waals surface area contributed by atoms with Crippen LogP contribution in [-0.4, -0.2) is 115 Å². The van der Waals surface area contributed by atoms with Crippen LogP contribution in [0.3, 0.4) is 0 Å². The van der Waals surface area contributed by atoms with Crippen molar-refractivity contribution in [1.29, 1.82) is 0 Å². The Morgan fingerprint density at radius 3 is 1.58 bits per heavy atom. The number of nitrogens with zero attached hydrogens (tertiary/aromatic N) is 4. The van der Waals surface area contributed by atoms with E-state index in [1.54, 1.807) is 26.0 Å². The van der Waals surface area contributed by atoms with Crippen LogP contribution in [0.5, 0.6) is 23.7 Å². The molecule has 2 aromatic carbocycles. The van der Waals surface area contributed by atoms with Crippen LogP contribution in [0, 0.1) is 25.5 Å². The van der Waals surface area contributed by atoms with Gasteiger partial charge in [-0.15, -0.1) is 36.5 Å². The first-order valence-corrected chi connectivity index (χ1v) is 19.3. The SMILES string of the molecule is Cc1ccc(OCC(=O)N[C@@H]2CC[C@@H](c3nnc(OCCOC(F)(F)F)o3)OC2)cc1F.Cc1ccc(OCC(=O)O)cc1F.N[C@@H]1CC[C@@H](c2nnc(OCCOC(F)(F)F)o2)OC1. The summed E-state index contributed by atoms with van der Waals surface area (Å²) in [6, 6.07) is 8.29. The van der Waals surface area contributed by atoms with Gasteiger partial charge in [-0.05, 0) is 62.8 Å². The van der Waals surface area contributed by atoms with Gasteiger partial charge < -0.3 is 53.4 Å². The first-order valence-electron chi connectivity index (χ1n) is 19.3. The number of nitrogens with two attached hydrogens (primary N) is 1. The standard InChI is InChI=1S/C19H21F4N3O6.C10H14F3N3O4.C9H9FO3/c1-11-2-4-13(8-14(11)20)29-10-16(27)24-12-3-5-15(30-9-12)17-25-26-18(32-17)28-6-7-31-19(21,22)23;11-10(12,13)19-4-3-17-9-16-15-8(20-9)7-2-1-6(14)5-18-7;1-6-2-3-7(4-8(6)10)13-5-9(11)12/h2,4,8,12,15H,3,5-7,9-10H2,1H3,(H,24,27);6-7H,1-5,14H2;2-4H,5H2,1H3,(H,11,12)/t12-,15+;6-,7+;/m11./s1. The number of hydrogen-bond acceptors (Lipinski definition) is 17. The fourth-order valence-electron chi connectivity index (χ4n) is 5.31. The normalized spacial score (nSPS) is 18.6. The van der Waals surface area contributed by atoms with Crippen LogP contribution in [0.25, 0.3) is 0 Å². The van der Waals surface area contributed by atoms with E-state index in [9.17, 15) is 44.7 Å². The number of carboxylic acids is 1. The van der Waals surface area contributed by atoms with E-state index in [2.05, 4.69) is 35.2 Å². The van der Waals surface area contributed by atoms with Gasteiger partial charge in [-0.2, -0.15) is 0 Å². The van der Waals surface area contributed by atoms with E-state index in [4.69, 9.17) is 48.1 Å². The molecule has 4 heterocycles. The van der Waals surface area contributed by atoms with Crippen molar-refractivity contribution in [2.45, 2.75) is 76.5 Å². The molecule has 0 aliphatic carbocycles. The number of carbonyl (C=O) groups excluding carboxylic acids is 1. The van der Waals surface area contributed by atoms with Crippen molar-refractivity contribution in [2.24, 2.45) is 5.73 Å². The molecule has 4 atom stereocenters. The fraction of sp³-hybridized carbons (Fsp3) is 0.526. The van der Waals surface area contributed by atoms with Crippen LogP contribution in [0.15, 0.2) is 45.2 Å². The summed E-state index contributed by atoms with van der Waals surface area (Å²) in [7, 11) is 0. The molecule has 6 rings (SSSR count). The third kappa shape index (κ3) is 19.8. The largest absolute Gasteiger partial charge is 0.522 e. The number of nitrogens with one attached hydrogen (secondary N) is 1. The monoisotopic (exact) mass is 944 g/mol. The zero-order valence-corrected chi connectivity index (χ0v) is 34.5. The van der Waals surface area contributed by atoms with Gasteiger partial charge in [-0.25, -0.2) is 13.6 Å². The van der Waals surface area contributed by atoms with Gasteiger partial charge in [-0.1, -0.05) is 22.3 Å². The molecule has 2 fully saturated rings. The van der Waals surface area contributed by atoms with E-state index in [0.717, 1.165) is 12.5 Å². The molecule has 2 aliphatic rings. The molecule has 65 heavy (non-hydrogen) atoms. The van der Waals surface area contributed by atoms with Crippen LogP contribution < -0.4 is 30.0 Å². The number of ether oxygens (including phenoxy) is 8. The lowest BCUT2D eigenvalue weighted by Crippen LogP contribution is -2.43. The summed E-state index contributed by atoms with van der Waals surface area (Å²) < 4.78 is 145. The van der Waals surface area contributed by atoms with Crippen molar-refractivity contribution < 1.29 is 96.5 Å². The Hall–Kier alpha value is -5.90. The second kappa shape index (κ2) is 25.0. The molecular weight excluding hydrogens is 900 g/mol. The Morgan fingerprint density at radius 2 is 1.17 bits per heavy atom. The summed E-state index contributed by atoms with van der Waals surface area (Å²) in [5, 5.41) is 25.7. The van der Waals surface area contributed by atoms with Crippen molar-refractivity contribution in [3.63, 3.8) is 0 Å². The van der Waals surface area contributed by atoms with Gasteiger partial charge in [0.1, 0.15) is 48.6 Å². The van der Waals surface area contributed by atoms with Gasteiger partial charge in [-0.3, -0.25) is 14.3 Å². The number of benzene rings is 2. The third-order valence-electron chi connectivity index (χ3n) is 8.52. The summed E-state index contributed by atoms with van der Waals surface area (Å²) >= 11 is 0.